The number of nitrogens with zero attached hydrogens (tertiary/aromatic N) is 1. The Labute approximate surface area is 114 Å². The van der Waals surface area contributed by atoms with Crippen molar-refractivity contribution in [2.24, 2.45) is 5.73 Å². The van der Waals surface area contributed by atoms with Crippen LogP contribution in [0.5, 0.6) is 0 Å². The summed E-state index contributed by atoms with van der Waals surface area (Å²) in [6.07, 6.45) is 1.94. The van der Waals surface area contributed by atoms with Gasteiger partial charge in [-0.15, -0.1) is 0 Å². The molecule has 1 atom stereocenters. The Morgan fingerprint density at radius 2 is 2.29 bits per heavy atom. The molecule has 0 radical (unpaired) electrons. The van der Waals surface area contributed by atoms with E-state index in [9.17, 15) is 4.79 Å². The summed E-state index contributed by atoms with van der Waals surface area (Å²) in [5.74, 6) is -0.0357. The van der Waals surface area contributed by atoms with Gasteiger partial charge in [-0.3, -0.25) is 4.79 Å². The summed E-state index contributed by atoms with van der Waals surface area (Å²) in [6.45, 7) is 1.37. The zero-order valence-electron chi connectivity index (χ0n) is 9.33. The second-order valence-corrected chi connectivity index (χ2v) is 5.49. The molecule has 1 amide bonds. The molecule has 1 aliphatic rings. The summed E-state index contributed by atoms with van der Waals surface area (Å²) >= 11 is 9.44. The molecule has 92 valence electrons. The second-order valence-electron chi connectivity index (χ2n) is 4.25. The number of hydrogen-bond acceptors (Lipinski definition) is 2. The van der Waals surface area contributed by atoms with Crippen LogP contribution >= 0.6 is 27.5 Å². The first-order valence-corrected chi connectivity index (χ1v) is 6.75. The minimum Gasteiger partial charge on any atom is -0.337 e. The standard InChI is InChI=1S/C12H14BrClN2O/c13-10-5-1-4-9(11(10)14)12(17)16-6-2-3-8(15)7-16/h1,4-5,8H,2-3,6-7,15H2. The number of halogens is 2. The quantitative estimate of drug-likeness (QED) is 0.865. The van der Waals surface area contributed by atoms with Gasteiger partial charge in [0.25, 0.3) is 5.91 Å². The highest BCUT2D eigenvalue weighted by Gasteiger charge is 2.24. The maximum Gasteiger partial charge on any atom is 0.255 e. The molecule has 0 bridgehead atoms. The molecule has 1 aliphatic heterocycles. The van der Waals surface area contributed by atoms with Gasteiger partial charge < -0.3 is 10.6 Å². The second kappa shape index (κ2) is 5.38. The minimum absolute atomic E-state index is 0.0357. The van der Waals surface area contributed by atoms with E-state index in [2.05, 4.69) is 15.9 Å². The van der Waals surface area contributed by atoms with Gasteiger partial charge >= 0.3 is 0 Å². The van der Waals surface area contributed by atoms with Crippen molar-refractivity contribution in [1.82, 2.24) is 4.90 Å². The van der Waals surface area contributed by atoms with Crippen molar-refractivity contribution >= 4 is 33.4 Å². The molecule has 1 aromatic rings. The molecule has 2 rings (SSSR count). The fraction of sp³-hybridized carbons (Fsp3) is 0.417. The fourth-order valence-corrected chi connectivity index (χ4v) is 2.61. The van der Waals surface area contributed by atoms with E-state index in [4.69, 9.17) is 17.3 Å². The van der Waals surface area contributed by atoms with Gasteiger partial charge in [0.1, 0.15) is 0 Å². The lowest BCUT2D eigenvalue weighted by Crippen LogP contribution is -2.45. The van der Waals surface area contributed by atoms with E-state index in [1.807, 2.05) is 12.1 Å². The Kier molecular flexibility index (Phi) is 4.07. The number of carbonyl (C=O) groups is 1. The summed E-state index contributed by atoms with van der Waals surface area (Å²) < 4.78 is 0.742. The molecule has 1 heterocycles. The third kappa shape index (κ3) is 2.81. The van der Waals surface area contributed by atoms with Crippen LogP contribution in [0, 0.1) is 0 Å². The molecule has 0 aliphatic carbocycles. The molecule has 1 aromatic carbocycles. The summed E-state index contributed by atoms with van der Waals surface area (Å²) in [5.41, 5.74) is 6.41. The van der Waals surface area contributed by atoms with Crippen molar-refractivity contribution in [3.8, 4) is 0 Å². The molecule has 17 heavy (non-hydrogen) atoms. The average Bonchev–Trinajstić information content (AvgIpc) is 2.32. The first-order chi connectivity index (χ1) is 8.09. The molecule has 1 unspecified atom stereocenters. The molecule has 3 nitrogen and oxygen atoms in total. The number of rotatable bonds is 1. The van der Waals surface area contributed by atoms with Gasteiger partial charge in [-0.25, -0.2) is 0 Å². The Morgan fingerprint density at radius 3 is 3.00 bits per heavy atom. The fourth-order valence-electron chi connectivity index (χ4n) is 2.03. The van der Waals surface area contributed by atoms with Crippen LogP contribution in [0.15, 0.2) is 22.7 Å². The van der Waals surface area contributed by atoms with Crippen LogP contribution < -0.4 is 5.73 Å². The Balaban J connectivity index is 2.22. The summed E-state index contributed by atoms with van der Waals surface area (Å²) in [7, 11) is 0. The van der Waals surface area contributed by atoms with Crippen molar-refractivity contribution in [3.05, 3.63) is 33.3 Å². The predicted molar refractivity (Wildman–Crippen MR) is 72.3 cm³/mol. The number of hydrogen-bond donors (Lipinski definition) is 1. The highest BCUT2D eigenvalue weighted by molar-refractivity contribution is 9.10. The maximum atomic E-state index is 12.3. The molecule has 0 spiro atoms. The minimum atomic E-state index is -0.0357. The molecular formula is C12H14BrClN2O. The number of benzene rings is 1. The van der Waals surface area contributed by atoms with Crippen molar-refractivity contribution in [1.29, 1.82) is 0 Å². The van der Waals surface area contributed by atoms with Crippen molar-refractivity contribution < 1.29 is 4.79 Å². The highest BCUT2D eigenvalue weighted by atomic mass is 79.9. The molecular weight excluding hydrogens is 304 g/mol. The summed E-state index contributed by atoms with van der Waals surface area (Å²) in [4.78, 5) is 14.1. The van der Waals surface area contributed by atoms with E-state index in [0.717, 1.165) is 23.9 Å². The van der Waals surface area contributed by atoms with Crippen LogP contribution in [0.3, 0.4) is 0 Å². The number of likely N-dealkylation sites (tertiary alicyclic amines) is 1. The van der Waals surface area contributed by atoms with Gasteiger partial charge in [0, 0.05) is 23.6 Å². The largest absolute Gasteiger partial charge is 0.337 e. The van der Waals surface area contributed by atoms with Crippen LogP contribution in [-0.2, 0) is 0 Å². The zero-order valence-corrected chi connectivity index (χ0v) is 11.7. The van der Waals surface area contributed by atoms with E-state index < -0.39 is 0 Å². The summed E-state index contributed by atoms with van der Waals surface area (Å²) in [5, 5.41) is 0.469. The summed E-state index contributed by atoms with van der Waals surface area (Å²) in [6, 6.07) is 5.46. The van der Waals surface area contributed by atoms with Crippen molar-refractivity contribution in [3.63, 3.8) is 0 Å². The number of nitrogens with two attached hydrogens (primary N) is 1. The Morgan fingerprint density at radius 1 is 1.53 bits per heavy atom. The molecule has 1 fully saturated rings. The van der Waals surface area contributed by atoms with Gasteiger partial charge in [0.15, 0.2) is 0 Å². The normalized spacial score (nSPS) is 20.4. The first-order valence-electron chi connectivity index (χ1n) is 5.58. The van der Waals surface area contributed by atoms with Crippen LogP contribution in [0.2, 0.25) is 5.02 Å². The van der Waals surface area contributed by atoms with E-state index >= 15 is 0 Å². The molecule has 1 saturated heterocycles. The molecule has 0 aromatic heterocycles. The monoisotopic (exact) mass is 316 g/mol. The van der Waals surface area contributed by atoms with Gasteiger partial charge in [-0.2, -0.15) is 0 Å². The van der Waals surface area contributed by atoms with Gasteiger partial charge in [0.2, 0.25) is 0 Å². The predicted octanol–water partition coefficient (Wildman–Crippen LogP) is 2.67. The Bertz CT molecular complexity index is 439. The molecule has 0 saturated carbocycles. The Hall–Kier alpha value is -0.580. The van der Waals surface area contributed by atoms with Gasteiger partial charge in [-0.1, -0.05) is 17.7 Å². The highest BCUT2D eigenvalue weighted by Crippen LogP contribution is 2.27. The zero-order chi connectivity index (χ0) is 12.4. The van der Waals surface area contributed by atoms with E-state index in [1.165, 1.54) is 0 Å². The van der Waals surface area contributed by atoms with Gasteiger partial charge in [0.05, 0.1) is 10.6 Å². The maximum absolute atomic E-state index is 12.3. The van der Waals surface area contributed by atoms with Crippen LogP contribution in [0.1, 0.15) is 23.2 Å². The number of piperidine rings is 1. The van der Waals surface area contributed by atoms with E-state index in [0.29, 0.717) is 17.1 Å². The number of amides is 1. The van der Waals surface area contributed by atoms with Crippen molar-refractivity contribution in [2.45, 2.75) is 18.9 Å². The molecule has 5 heteroatoms. The van der Waals surface area contributed by atoms with Gasteiger partial charge in [-0.05, 0) is 40.9 Å². The van der Waals surface area contributed by atoms with Crippen LogP contribution in [-0.4, -0.2) is 29.9 Å². The lowest BCUT2D eigenvalue weighted by molar-refractivity contribution is 0.0709. The average molecular weight is 318 g/mol. The SMILES string of the molecule is NC1CCCN(C(=O)c2cccc(Br)c2Cl)C1. The van der Waals surface area contributed by atoms with E-state index in [1.54, 1.807) is 11.0 Å². The third-order valence-corrected chi connectivity index (χ3v) is 4.22. The van der Waals surface area contributed by atoms with Crippen LogP contribution in [0.4, 0.5) is 0 Å². The smallest absolute Gasteiger partial charge is 0.255 e. The van der Waals surface area contributed by atoms with Crippen LogP contribution in [0.25, 0.3) is 0 Å². The number of carbonyl (C=O) groups excluding carboxylic acids is 1. The third-order valence-electron chi connectivity index (χ3n) is 2.93. The molecule has 2 N–H and O–H groups in total. The lowest BCUT2D eigenvalue weighted by atomic mass is 10.1. The van der Waals surface area contributed by atoms with Crippen molar-refractivity contribution in [2.75, 3.05) is 13.1 Å². The lowest BCUT2D eigenvalue weighted by Gasteiger charge is -2.31. The van der Waals surface area contributed by atoms with E-state index in [-0.39, 0.29) is 11.9 Å². The first kappa shape index (κ1) is 12.9. The topological polar surface area (TPSA) is 46.3 Å².